The quantitative estimate of drug-likeness (QED) is 0.535. The van der Waals surface area contributed by atoms with Crippen molar-refractivity contribution >= 4 is 50.1 Å². The molecular formula is C10H5BrClIN2. The average molecular weight is 395 g/mol. The molecule has 0 unspecified atom stereocenters. The zero-order valence-corrected chi connectivity index (χ0v) is 11.9. The summed E-state index contributed by atoms with van der Waals surface area (Å²) in [5, 5.41) is 0.430. The number of benzene rings is 1. The van der Waals surface area contributed by atoms with Crippen molar-refractivity contribution in [2.75, 3.05) is 0 Å². The van der Waals surface area contributed by atoms with Crippen LogP contribution in [0.1, 0.15) is 0 Å². The number of nitrogens with zero attached hydrogens (tertiary/aromatic N) is 2. The Labute approximate surface area is 114 Å². The van der Waals surface area contributed by atoms with Crippen LogP contribution >= 0.6 is 50.1 Å². The van der Waals surface area contributed by atoms with E-state index in [0.29, 0.717) is 15.5 Å². The molecule has 1 aromatic carbocycles. The van der Waals surface area contributed by atoms with E-state index in [2.05, 4.69) is 48.5 Å². The molecule has 5 heteroatoms. The zero-order chi connectivity index (χ0) is 10.8. The molecule has 0 aliphatic heterocycles. The Kier molecular flexibility index (Phi) is 3.58. The van der Waals surface area contributed by atoms with Crippen molar-refractivity contribution in [2.24, 2.45) is 0 Å². The van der Waals surface area contributed by atoms with Gasteiger partial charge in [0.15, 0.2) is 5.82 Å². The molecular weight excluding hydrogens is 390 g/mol. The smallest absolute Gasteiger partial charge is 0.160 e. The first-order valence-corrected chi connectivity index (χ1v) is 6.36. The van der Waals surface area contributed by atoms with Crippen molar-refractivity contribution in [3.63, 3.8) is 0 Å². The van der Waals surface area contributed by atoms with Crippen LogP contribution in [0.4, 0.5) is 0 Å². The summed E-state index contributed by atoms with van der Waals surface area (Å²) in [6.07, 6.45) is 1.66. The molecule has 0 aliphatic carbocycles. The SMILES string of the molecule is Clc1nc(-c2cccc(I)c2)ncc1Br. The van der Waals surface area contributed by atoms with E-state index in [1.54, 1.807) is 6.20 Å². The molecule has 2 rings (SSSR count). The average Bonchev–Trinajstić information content (AvgIpc) is 2.22. The highest BCUT2D eigenvalue weighted by atomic mass is 127. The third-order valence-corrected chi connectivity index (χ3v) is 3.55. The number of halogens is 3. The van der Waals surface area contributed by atoms with Gasteiger partial charge in [-0.05, 0) is 50.7 Å². The van der Waals surface area contributed by atoms with Gasteiger partial charge in [-0.1, -0.05) is 23.7 Å². The predicted octanol–water partition coefficient (Wildman–Crippen LogP) is 4.16. The van der Waals surface area contributed by atoms with E-state index in [1.807, 2.05) is 24.3 Å². The van der Waals surface area contributed by atoms with Crippen molar-refractivity contribution in [1.29, 1.82) is 0 Å². The fourth-order valence-electron chi connectivity index (χ4n) is 1.11. The minimum absolute atomic E-state index is 0.430. The Balaban J connectivity index is 2.50. The van der Waals surface area contributed by atoms with Crippen molar-refractivity contribution in [3.05, 3.63) is 43.7 Å². The van der Waals surface area contributed by atoms with E-state index >= 15 is 0 Å². The molecule has 2 aromatic rings. The second-order valence-electron chi connectivity index (χ2n) is 2.84. The highest BCUT2D eigenvalue weighted by molar-refractivity contribution is 14.1. The van der Waals surface area contributed by atoms with Crippen LogP contribution in [-0.2, 0) is 0 Å². The molecule has 15 heavy (non-hydrogen) atoms. The molecule has 0 spiro atoms. The third kappa shape index (κ3) is 2.68. The first-order valence-electron chi connectivity index (χ1n) is 4.11. The summed E-state index contributed by atoms with van der Waals surface area (Å²) in [4.78, 5) is 8.39. The summed E-state index contributed by atoms with van der Waals surface area (Å²) in [5.74, 6) is 0.640. The number of rotatable bonds is 1. The second-order valence-corrected chi connectivity index (χ2v) is 5.30. The summed E-state index contributed by atoms with van der Waals surface area (Å²) in [6.45, 7) is 0. The summed E-state index contributed by atoms with van der Waals surface area (Å²) in [5.41, 5.74) is 0.969. The van der Waals surface area contributed by atoms with Crippen molar-refractivity contribution in [2.45, 2.75) is 0 Å². The van der Waals surface area contributed by atoms with Crippen LogP contribution in [0.5, 0.6) is 0 Å². The van der Waals surface area contributed by atoms with Gasteiger partial charge in [-0.15, -0.1) is 0 Å². The highest BCUT2D eigenvalue weighted by Crippen LogP contribution is 2.23. The zero-order valence-electron chi connectivity index (χ0n) is 7.42. The van der Waals surface area contributed by atoms with Gasteiger partial charge in [-0.2, -0.15) is 0 Å². The van der Waals surface area contributed by atoms with Gasteiger partial charge >= 0.3 is 0 Å². The lowest BCUT2D eigenvalue weighted by molar-refractivity contribution is 1.16. The number of hydrogen-bond acceptors (Lipinski definition) is 2. The molecule has 0 saturated heterocycles. The maximum absolute atomic E-state index is 5.90. The van der Waals surface area contributed by atoms with Gasteiger partial charge < -0.3 is 0 Å². The van der Waals surface area contributed by atoms with Crippen LogP contribution in [0.2, 0.25) is 5.15 Å². The molecule has 0 fully saturated rings. The van der Waals surface area contributed by atoms with Gasteiger partial charge in [0.2, 0.25) is 0 Å². The van der Waals surface area contributed by atoms with E-state index < -0.39 is 0 Å². The first kappa shape index (κ1) is 11.3. The van der Waals surface area contributed by atoms with Crippen molar-refractivity contribution < 1.29 is 0 Å². The van der Waals surface area contributed by atoms with Crippen molar-refractivity contribution in [3.8, 4) is 11.4 Å². The topological polar surface area (TPSA) is 25.8 Å². The molecule has 2 nitrogen and oxygen atoms in total. The standard InChI is InChI=1S/C10H5BrClIN2/c11-8-5-14-10(15-9(8)12)6-2-1-3-7(13)4-6/h1-5H. The molecule has 76 valence electrons. The molecule has 1 heterocycles. The van der Waals surface area contributed by atoms with Crippen LogP contribution in [-0.4, -0.2) is 9.97 Å². The summed E-state index contributed by atoms with van der Waals surface area (Å²) in [6, 6.07) is 7.96. The Hall–Kier alpha value is -0.200. The Morgan fingerprint density at radius 1 is 1.33 bits per heavy atom. The molecule has 0 aliphatic rings. The fraction of sp³-hybridized carbons (Fsp3) is 0. The van der Waals surface area contributed by atoms with E-state index in [-0.39, 0.29) is 0 Å². The van der Waals surface area contributed by atoms with Gasteiger partial charge in [0.25, 0.3) is 0 Å². The Bertz CT molecular complexity index is 505. The maximum atomic E-state index is 5.90. The first-order chi connectivity index (χ1) is 7.16. The van der Waals surface area contributed by atoms with Crippen LogP contribution < -0.4 is 0 Å². The summed E-state index contributed by atoms with van der Waals surface area (Å²) in [7, 11) is 0. The monoisotopic (exact) mass is 394 g/mol. The molecule has 0 atom stereocenters. The predicted molar refractivity (Wildman–Crippen MR) is 72.9 cm³/mol. The number of hydrogen-bond donors (Lipinski definition) is 0. The van der Waals surface area contributed by atoms with Gasteiger partial charge in [0, 0.05) is 15.3 Å². The third-order valence-electron chi connectivity index (χ3n) is 1.78. The molecule has 0 radical (unpaired) electrons. The summed E-state index contributed by atoms with van der Waals surface area (Å²) < 4.78 is 1.85. The molecule has 0 bridgehead atoms. The molecule has 0 saturated carbocycles. The Morgan fingerprint density at radius 2 is 2.13 bits per heavy atom. The molecule has 1 aromatic heterocycles. The van der Waals surface area contributed by atoms with Crippen LogP contribution in [0.25, 0.3) is 11.4 Å². The summed E-state index contributed by atoms with van der Waals surface area (Å²) >= 11 is 11.4. The number of aromatic nitrogens is 2. The minimum atomic E-state index is 0.430. The lowest BCUT2D eigenvalue weighted by Gasteiger charge is -2.01. The van der Waals surface area contributed by atoms with Crippen LogP contribution in [0.15, 0.2) is 34.9 Å². The van der Waals surface area contributed by atoms with Gasteiger partial charge in [0.05, 0.1) is 4.47 Å². The fourth-order valence-corrected chi connectivity index (χ4v) is 1.98. The molecule has 0 amide bonds. The van der Waals surface area contributed by atoms with Crippen molar-refractivity contribution in [1.82, 2.24) is 9.97 Å². The van der Waals surface area contributed by atoms with E-state index in [1.165, 1.54) is 0 Å². The largest absolute Gasteiger partial charge is 0.235 e. The van der Waals surface area contributed by atoms with E-state index in [4.69, 9.17) is 11.6 Å². The normalized spacial score (nSPS) is 10.3. The lowest BCUT2D eigenvalue weighted by Crippen LogP contribution is -1.89. The van der Waals surface area contributed by atoms with Gasteiger partial charge in [-0.3, -0.25) is 0 Å². The van der Waals surface area contributed by atoms with Gasteiger partial charge in [-0.25, -0.2) is 9.97 Å². The van der Waals surface area contributed by atoms with Crippen LogP contribution in [0.3, 0.4) is 0 Å². The lowest BCUT2D eigenvalue weighted by atomic mass is 10.2. The minimum Gasteiger partial charge on any atom is -0.235 e. The van der Waals surface area contributed by atoms with E-state index in [9.17, 15) is 0 Å². The van der Waals surface area contributed by atoms with Crippen LogP contribution in [0, 0.1) is 3.57 Å². The van der Waals surface area contributed by atoms with E-state index in [0.717, 1.165) is 9.13 Å². The maximum Gasteiger partial charge on any atom is 0.160 e. The highest BCUT2D eigenvalue weighted by Gasteiger charge is 2.04. The molecule has 0 N–H and O–H groups in total. The second kappa shape index (κ2) is 4.76. The van der Waals surface area contributed by atoms with Gasteiger partial charge in [0.1, 0.15) is 5.15 Å². The Morgan fingerprint density at radius 3 is 2.80 bits per heavy atom.